The van der Waals surface area contributed by atoms with E-state index in [9.17, 15) is 4.39 Å². The minimum atomic E-state index is -0.190. The van der Waals surface area contributed by atoms with E-state index < -0.39 is 0 Å². The molecule has 1 fully saturated rings. The van der Waals surface area contributed by atoms with E-state index in [2.05, 4.69) is 23.6 Å². The van der Waals surface area contributed by atoms with E-state index in [1.165, 1.54) is 0 Å². The molecule has 2 N–H and O–H groups in total. The van der Waals surface area contributed by atoms with E-state index in [1.54, 1.807) is 12.1 Å². The quantitative estimate of drug-likeness (QED) is 0.904. The first-order chi connectivity index (χ1) is 9.10. The Morgan fingerprint density at radius 1 is 1.21 bits per heavy atom. The van der Waals surface area contributed by atoms with Crippen molar-refractivity contribution in [3.05, 3.63) is 29.6 Å². The van der Waals surface area contributed by atoms with Crippen molar-refractivity contribution in [3.8, 4) is 0 Å². The fourth-order valence-electron chi connectivity index (χ4n) is 2.60. The average molecular weight is 265 g/mol. The van der Waals surface area contributed by atoms with Crippen LogP contribution in [0.2, 0.25) is 0 Å². The first-order valence-electron chi connectivity index (χ1n) is 7.06. The lowest BCUT2D eigenvalue weighted by atomic mass is 10.1. The Morgan fingerprint density at radius 2 is 1.89 bits per heavy atom. The van der Waals surface area contributed by atoms with E-state index >= 15 is 0 Å². The van der Waals surface area contributed by atoms with Gasteiger partial charge < -0.3 is 10.6 Å². The number of anilines is 1. The molecule has 106 valence electrons. The predicted octanol–water partition coefficient (Wildman–Crippen LogP) is 2.06. The number of hydrogen-bond acceptors (Lipinski definition) is 3. The number of rotatable bonds is 4. The Morgan fingerprint density at radius 3 is 2.42 bits per heavy atom. The number of benzene rings is 1. The topological polar surface area (TPSA) is 32.5 Å². The van der Waals surface area contributed by atoms with Gasteiger partial charge in [0.05, 0.1) is 0 Å². The van der Waals surface area contributed by atoms with Crippen LogP contribution < -0.4 is 10.6 Å². The zero-order valence-corrected chi connectivity index (χ0v) is 11.9. The highest BCUT2D eigenvalue weighted by Gasteiger charge is 2.18. The molecule has 0 aliphatic carbocycles. The van der Waals surface area contributed by atoms with Crippen LogP contribution in [0, 0.1) is 11.7 Å². The lowest BCUT2D eigenvalue weighted by molar-refractivity contribution is 0.231. The van der Waals surface area contributed by atoms with Gasteiger partial charge in [0, 0.05) is 50.5 Å². The molecule has 0 amide bonds. The summed E-state index contributed by atoms with van der Waals surface area (Å²) >= 11 is 0. The van der Waals surface area contributed by atoms with Gasteiger partial charge in [0.15, 0.2) is 0 Å². The van der Waals surface area contributed by atoms with Crippen molar-refractivity contribution in [3.63, 3.8) is 0 Å². The molecule has 19 heavy (non-hydrogen) atoms. The molecular formula is C15H24FN3. The second-order valence-electron chi connectivity index (χ2n) is 5.66. The maximum atomic E-state index is 13.7. The molecule has 1 aromatic carbocycles. The standard InChI is InChI=1S/C15H24FN3/c1-12(2)11-18-5-7-19(8-6-18)14-4-3-13(10-17)15(16)9-14/h3-4,9,12H,5-8,10-11,17H2,1-2H3. The van der Waals surface area contributed by atoms with Gasteiger partial charge in [0.25, 0.3) is 0 Å². The Bertz CT molecular complexity index is 412. The summed E-state index contributed by atoms with van der Waals surface area (Å²) in [4.78, 5) is 4.73. The van der Waals surface area contributed by atoms with Crippen molar-refractivity contribution in [2.45, 2.75) is 20.4 Å². The molecule has 0 atom stereocenters. The first-order valence-corrected chi connectivity index (χ1v) is 7.06. The normalized spacial score (nSPS) is 17.2. The summed E-state index contributed by atoms with van der Waals surface area (Å²) in [6.07, 6.45) is 0. The van der Waals surface area contributed by atoms with Gasteiger partial charge in [-0.25, -0.2) is 4.39 Å². The van der Waals surface area contributed by atoms with Gasteiger partial charge >= 0.3 is 0 Å². The summed E-state index contributed by atoms with van der Waals surface area (Å²) in [7, 11) is 0. The van der Waals surface area contributed by atoms with Crippen LogP contribution in [0.15, 0.2) is 18.2 Å². The van der Waals surface area contributed by atoms with E-state index in [0.29, 0.717) is 11.5 Å². The average Bonchev–Trinajstić information content (AvgIpc) is 2.39. The van der Waals surface area contributed by atoms with E-state index in [-0.39, 0.29) is 12.4 Å². The number of hydrogen-bond donors (Lipinski definition) is 1. The molecule has 4 heteroatoms. The molecule has 0 bridgehead atoms. The lowest BCUT2D eigenvalue weighted by Gasteiger charge is -2.36. The molecule has 0 unspecified atom stereocenters. The molecule has 0 radical (unpaired) electrons. The fourth-order valence-corrected chi connectivity index (χ4v) is 2.60. The smallest absolute Gasteiger partial charge is 0.129 e. The lowest BCUT2D eigenvalue weighted by Crippen LogP contribution is -2.47. The number of halogens is 1. The monoisotopic (exact) mass is 265 g/mol. The highest BCUT2D eigenvalue weighted by Crippen LogP contribution is 2.20. The van der Waals surface area contributed by atoms with E-state index in [1.807, 2.05) is 6.07 Å². The molecular weight excluding hydrogens is 241 g/mol. The van der Waals surface area contributed by atoms with Crippen LogP contribution in [0.1, 0.15) is 19.4 Å². The number of nitrogens with two attached hydrogens (primary N) is 1. The summed E-state index contributed by atoms with van der Waals surface area (Å²) in [6, 6.07) is 5.38. The molecule has 2 rings (SSSR count). The molecule has 1 saturated heterocycles. The Labute approximate surface area is 115 Å². The van der Waals surface area contributed by atoms with Gasteiger partial charge in [-0.1, -0.05) is 19.9 Å². The second kappa shape index (κ2) is 6.35. The summed E-state index contributed by atoms with van der Waals surface area (Å²) in [5.41, 5.74) is 7.04. The van der Waals surface area contributed by atoms with Gasteiger partial charge in [-0.05, 0) is 18.1 Å². The molecule has 0 spiro atoms. The van der Waals surface area contributed by atoms with E-state index in [4.69, 9.17) is 5.73 Å². The highest BCUT2D eigenvalue weighted by atomic mass is 19.1. The van der Waals surface area contributed by atoms with Crippen LogP contribution in [-0.4, -0.2) is 37.6 Å². The maximum absolute atomic E-state index is 13.7. The van der Waals surface area contributed by atoms with Gasteiger partial charge in [-0.3, -0.25) is 4.90 Å². The Kier molecular flexibility index (Phi) is 4.77. The largest absolute Gasteiger partial charge is 0.369 e. The predicted molar refractivity (Wildman–Crippen MR) is 77.8 cm³/mol. The summed E-state index contributed by atoms with van der Waals surface area (Å²) in [5, 5.41) is 0. The van der Waals surface area contributed by atoms with Crippen molar-refractivity contribution < 1.29 is 4.39 Å². The van der Waals surface area contributed by atoms with Crippen molar-refractivity contribution in [2.24, 2.45) is 11.7 Å². The molecule has 0 aromatic heterocycles. The Balaban J connectivity index is 1.96. The minimum Gasteiger partial charge on any atom is -0.369 e. The van der Waals surface area contributed by atoms with Crippen molar-refractivity contribution in [1.82, 2.24) is 4.90 Å². The zero-order valence-electron chi connectivity index (χ0n) is 11.9. The van der Waals surface area contributed by atoms with Crippen LogP contribution in [0.5, 0.6) is 0 Å². The zero-order chi connectivity index (χ0) is 13.8. The molecule has 1 heterocycles. The van der Waals surface area contributed by atoms with Crippen molar-refractivity contribution in [1.29, 1.82) is 0 Å². The molecule has 1 aromatic rings. The van der Waals surface area contributed by atoms with Crippen LogP contribution in [-0.2, 0) is 6.54 Å². The second-order valence-corrected chi connectivity index (χ2v) is 5.66. The third-order valence-corrected chi connectivity index (χ3v) is 3.62. The molecule has 0 saturated carbocycles. The molecule has 3 nitrogen and oxygen atoms in total. The summed E-state index contributed by atoms with van der Waals surface area (Å²) in [5.74, 6) is 0.512. The van der Waals surface area contributed by atoms with Crippen molar-refractivity contribution in [2.75, 3.05) is 37.6 Å². The molecule has 1 aliphatic rings. The van der Waals surface area contributed by atoms with Crippen LogP contribution in [0.4, 0.5) is 10.1 Å². The van der Waals surface area contributed by atoms with Gasteiger partial charge in [0.1, 0.15) is 5.82 Å². The first kappa shape index (κ1) is 14.3. The number of piperazine rings is 1. The van der Waals surface area contributed by atoms with Crippen LogP contribution in [0.3, 0.4) is 0 Å². The SMILES string of the molecule is CC(C)CN1CCN(c2ccc(CN)c(F)c2)CC1. The minimum absolute atomic E-state index is 0.190. The Hall–Kier alpha value is -1.13. The number of nitrogens with zero attached hydrogens (tertiary/aromatic N) is 2. The third kappa shape index (κ3) is 3.67. The summed E-state index contributed by atoms with van der Waals surface area (Å²) < 4.78 is 13.7. The van der Waals surface area contributed by atoms with E-state index in [0.717, 1.165) is 38.4 Å². The maximum Gasteiger partial charge on any atom is 0.129 e. The summed E-state index contributed by atoms with van der Waals surface area (Å²) in [6.45, 7) is 9.93. The van der Waals surface area contributed by atoms with Crippen LogP contribution in [0.25, 0.3) is 0 Å². The third-order valence-electron chi connectivity index (χ3n) is 3.62. The highest BCUT2D eigenvalue weighted by molar-refractivity contribution is 5.48. The van der Waals surface area contributed by atoms with Crippen molar-refractivity contribution >= 4 is 5.69 Å². The van der Waals surface area contributed by atoms with Gasteiger partial charge in [-0.2, -0.15) is 0 Å². The molecule has 1 aliphatic heterocycles. The fraction of sp³-hybridized carbons (Fsp3) is 0.600. The van der Waals surface area contributed by atoms with Gasteiger partial charge in [0.2, 0.25) is 0 Å². The van der Waals surface area contributed by atoms with Gasteiger partial charge in [-0.15, -0.1) is 0 Å². The van der Waals surface area contributed by atoms with Crippen LogP contribution >= 0.6 is 0 Å².